The molecule has 1 aromatic rings. The summed E-state index contributed by atoms with van der Waals surface area (Å²) in [6.45, 7) is 0. The molecule has 0 radical (unpaired) electrons. The minimum absolute atomic E-state index is 0.0692. The van der Waals surface area contributed by atoms with Gasteiger partial charge in [0.05, 0.1) is 12.0 Å². The molecule has 0 atom stereocenters. The number of alkyl halides is 2. The maximum absolute atomic E-state index is 12.5. The Bertz CT molecular complexity index is 400. The second-order valence-corrected chi connectivity index (χ2v) is 3.47. The molecule has 0 aliphatic heterocycles. The van der Waals surface area contributed by atoms with Gasteiger partial charge >= 0.3 is 5.69 Å². The fourth-order valence-corrected chi connectivity index (χ4v) is 1.70. The lowest BCUT2D eigenvalue weighted by Gasteiger charge is -2.05. The molecule has 0 saturated heterocycles. The van der Waals surface area contributed by atoms with Gasteiger partial charge in [-0.2, -0.15) is 0 Å². The predicted molar refractivity (Wildman–Crippen MR) is 55.1 cm³/mol. The van der Waals surface area contributed by atoms with Crippen molar-refractivity contribution in [3.63, 3.8) is 0 Å². The Hall–Kier alpha value is -1.06. The molecule has 5 nitrogen and oxygen atoms in total. The highest BCUT2D eigenvalue weighted by molar-refractivity contribution is 14.1. The molecule has 0 N–H and O–H groups in total. The summed E-state index contributed by atoms with van der Waals surface area (Å²) in [4.78, 5) is 13.3. The molecule has 1 rings (SSSR count). The van der Waals surface area contributed by atoms with Gasteiger partial charge in [-0.3, -0.25) is 10.1 Å². The SMILES string of the molecule is COc1cc(C(F)F)c([N+](=O)[O-])c(I)n1. The predicted octanol–water partition coefficient (Wildman–Crippen LogP) is 2.54. The Morgan fingerprint density at radius 3 is 2.67 bits per heavy atom. The summed E-state index contributed by atoms with van der Waals surface area (Å²) in [5.41, 5.74) is -1.36. The number of hydrogen-bond acceptors (Lipinski definition) is 4. The van der Waals surface area contributed by atoms with E-state index in [1.807, 2.05) is 0 Å². The van der Waals surface area contributed by atoms with E-state index in [2.05, 4.69) is 9.72 Å². The van der Waals surface area contributed by atoms with Gasteiger partial charge in [0.25, 0.3) is 6.43 Å². The maximum atomic E-state index is 12.5. The van der Waals surface area contributed by atoms with Gasteiger partial charge in [-0.05, 0) is 22.6 Å². The van der Waals surface area contributed by atoms with Crippen LogP contribution in [-0.2, 0) is 0 Å². The number of hydrogen-bond donors (Lipinski definition) is 0. The van der Waals surface area contributed by atoms with Crippen LogP contribution in [0, 0.1) is 13.8 Å². The molecule has 0 bridgehead atoms. The first-order valence-corrected chi connectivity index (χ1v) is 4.72. The number of ether oxygens (including phenoxy) is 1. The third-order valence-corrected chi connectivity index (χ3v) is 2.34. The zero-order chi connectivity index (χ0) is 11.6. The maximum Gasteiger partial charge on any atom is 0.310 e. The Morgan fingerprint density at radius 2 is 2.27 bits per heavy atom. The summed E-state index contributed by atoms with van der Waals surface area (Å²) in [6.07, 6.45) is -2.93. The van der Waals surface area contributed by atoms with Crippen LogP contribution in [0.4, 0.5) is 14.5 Å². The van der Waals surface area contributed by atoms with E-state index in [1.54, 1.807) is 0 Å². The van der Waals surface area contributed by atoms with Crippen molar-refractivity contribution >= 4 is 28.3 Å². The summed E-state index contributed by atoms with van der Waals surface area (Å²) >= 11 is 1.52. The summed E-state index contributed by atoms with van der Waals surface area (Å²) in [6, 6.07) is 0.866. The molecular formula is C7H5F2IN2O3. The first-order valence-electron chi connectivity index (χ1n) is 3.64. The largest absolute Gasteiger partial charge is 0.481 e. The van der Waals surface area contributed by atoms with Crippen molar-refractivity contribution in [1.82, 2.24) is 4.98 Å². The average molecular weight is 330 g/mol. The van der Waals surface area contributed by atoms with E-state index in [0.29, 0.717) is 0 Å². The summed E-state index contributed by atoms with van der Waals surface area (Å²) in [7, 11) is 1.25. The summed E-state index contributed by atoms with van der Waals surface area (Å²) in [5.74, 6) is -0.0692. The monoisotopic (exact) mass is 330 g/mol. The Morgan fingerprint density at radius 1 is 1.67 bits per heavy atom. The molecule has 0 amide bonds. The number of aromatic nitrogens is 1. The number of methoxy groups -OCH3 is 1. The molecule has 0 unspecified atom stereocenters. The molecule has 8 heteroatoms. The molecule has 0 spiro atoms. The summed E-state index contributed by atoms with van der Waals surface area (Å²) in [5, 5.41) is 10.5. The van der Waals surface area contributed by atoms with Crippen molar-refractivity contribution < 1.29 is 18.4 Å². The van der Waals surface area contributed by atoms with Crippen molar-refractivity contribution in [2.45, 2.75) is 6.43 Å². The van der Waals surface area contributed by atoms with E-state index in [1.165, 1.54) is 29.7 Å². The quantitative estimate of drug-likeness (QED) is 0.370. The first kappa shape index (κ1) is 12.0. The van der Waals surface area contributed by atoms with Crippen LogP contribution in [0.2, 0.25) is 0 Å². The van der Waals surface area contributed by atoms with Crippen LogP contribution in [0.1, 0.15) is 12.0 Å². The van der Waals surface area contributed by atoms with E-state index in [0.717, 1.165) is 6.07 Å². The molecule has 0 aromatic carbocycles. The lowest BCUT2D eigenvalue weighted by molar-refractivity contribution is -0.387. The third-order valence-electron chi connectivity index (χ3n) is 1.58. The van der Waals surface area contributed by atoms with Crippen molar-refractivity contribution in [1.29, 1.82) is 0 Å². The van der Waals surface area contributed by atoms with Gasteiger partial charge in [-0.25, -0.2) is 13.8 Å². The standard InChI is InChI=1S/C7H5F2IN2O3/c1-15-4-2-3(6(8)9)5(12(13)14)7(10)11-4/h2,6H,1H3. The van der Waals surface area contributed by atoms with E-state index < -0.39 is 22.6 Å². The van der Waals surface area contributed by atoms with Crippen LogP contribution >= 0.6 is 22.6 Å². The van der Waals surface area contributed by atoms with Crippen molar-refractivity contribution in [3.8, 4) is 5.88 Å². The van der Waals surface area contributed by atoms with Gasteiger partial charge in [0.15, 0.2) is 3.70 Å². The lowest BCUT2D eigenvalue weighted by atomic mass is 10.2. The van der Waals surface area contributed by atoms with Crippen molar-refractivity contribution in [2.24, 2.45) is 0 Å². The number of rotatable bonds is 3. The summed E-state index contributed by atoms with van der Waals surface area (Å²) < 4.78 is 29.5. The number of nitro groups is 1. The van der Waals surface area contributed by atoms with E-state index in [-0.39, 0.29) is 9.58 Å². The second-order valence-electron chi connectivity index (χ2n) is 2.45. The van der Waals surface area contributed by atoms with Crippen LogP contribution in [0.25, 0.3) is 0 Å². The van der Waals surface area contributed by atoms with Crippen molar-refractivity contribution in [3.05, 3.63) is 25.4 Å². The minimum atomic E-state index is -2.93. The van der Waals surface area contributed by atoms with Crippen LogP contribution in [0.5, 0.6) is 5.88 Å². The Kier molecular flexibility index (Phi) is 3.72. The average Bonchev–Trinajstić information content (AvgIpc) is 2.15. The van der Waals surface area contributed by atoms with E-state index >= 15 is 0 Å². The second kappa shape index (κ2) is 4.64. The molecule has 0 fully saturated rings. The van der Waals surface area contributed by atoms with Gasteiger partial charge in [0.1, 0.15) is 5.56 Å². The smallest absolute Gasteiger partial charge is 0.310 e. The molecule has 15 heavy (non-hydrogen) atoms. The molecule has 0 aliphatic carbocycles. The molecular weight excluding hydrogens is 325 g/mol. The third kappa shape index (κ3) is 2.49. The van der Waals surface area contributed by atoms with Crippen LogP contribution in [0.15, 0.2) is 6.07 Å². The van der Waals surface area contributed by atoms with Crippen LogP contribution < -0.4 is 4.74 Å². The van der Waals surface area contributed by atoms with Crippen LogP contribution in [0.3, 0.4) is 0 Å². The fraction of sp³-hybridized carbons (Fsp3) is 0.286. The molecule has 1 heterocycles. The Balaban J connectivity index is 3.42. The topological polar surface area (TPSA) is 65.3 Å². The zero-order valence-corrected chi connectivity index (χ0v) is 9.57. The lowest BCUT2D eigenvalue weighted by Crippen LogP contribution is -2.02. The Labute approximate surface area is 96.7 Å². The van der Waals surface area contributed by atoms with Gasteiger partial charge in [0, 0.05) is 6.07 Å². The molecule has 82 valence electrons. The number of halogens is 3. The van der Waals surface area contributed by atoms with Gasteiger partial charge < -0.3 is 4.74 Å². The molecule has 0 saturated carbocycles. The van der Waals surface area contributed by atoms with E-state index in [4.69, 9.17) is 0 Å². The molecule has 1 aromatic heterocycles. The van der Waals surface area contributed by atoms with Crippen molar-refractivity contribution in [2.75, 3.05) is 7.11 Å². The fourth-order valence-electron chi connectivity index (χ4n) is 0.954. The highest BCUT2D eigenvalue weighted by atomic mass is 127. The minimum Gasteiger partial charge on any atom is -0.481 e. The van der Waals surface area contributed by atoms with E-state index in [9.17, 15) is 18.9 Å². The highest BCUT2D eigenvalue weighted by Gasteiger charge is 2.27. The number of pyridine rings is 1. The number of nitrogens with zero attached hydrogens (tertiary/aromatic N) is 2. The first-order chi connectivity index (χ1) is 6.97. The normalized spacial score (nSPS) is 10.5. The van der Waals surface area contributed by atoms with Gasteiger partial charge in [0.2, 0.25) is 5.88 Å². The van der Waals surface area contributed by atoms with Crippen LogP contribution in [-0.4, -0.2) is 17.0 Å². The van der Waals surface area contributed by atoms with Gasteiger partial charge in [-0.1, -0.05) is 0 Å². The molecule has 0 aliphatic rings. The zero-order valence-electron chi connectivity index (χ0n) is 7.41. The highest BCUT2D eigenvalue weighted by Crippen LogP contribution is 2.34. The van der Waals surface area contributed by atoms with Gasteiger partial charge in [-0.15, -0.1) is 0 Å².